The third kappa shape index (κ3) is 4.54. The maximum atomic E-state index is 6.80. The van der Waals surface area contributed by atoms with Gasteiger partial charge in [-0.1, -0.05) is 80.4 Å². The standard InChI is InChI=1S/C23H28O2Si/c1-2-3-20-26(22-14-6-4-7-15-22,23-16-8-5-9-17-23)25-19-11-13-21-12-10-18-24-21/h4-10,12,14-18H,2-3,11,13,19-20H2,1H3. The molecule has 0 amide bonds. The average Bonchev–Trinajstić information content (AvgIpc) is 3.23. The van der Waals surface area contributed by atoms with Crippen molar-refractivity contribution in [2.45, 2.75) is 38.7 Å². The molecular formula is C23H28O2Si. The zero-order valence-electron chi connectivity index (χ0n) is 15.6. The van der Waals surface area contributed by atoms with Crippen molar-refractivity contribution >= 4 is 18.7 Å². The van der Waals surface area contributed by atoms with E-state index in [1.54, 1.807) is 6.26 Å². The highest BCUT2D eigenvalue weighted by molar-refractivity contribution is 6.97. The molecule has 2 nitrogen and oxygen atoms in total. The fourth-order valence-corrected chi connectivity index (χ4v) is 7.68. The quantitative estimate of drug-likeness (QED) is 0.381. The molecule has 1 heterocycles. The van der Waals surface area contributed by atoms with Crippen molar-refractivity contribution in [3.05, 3.63) is 84.8 Å². The summed E-state index contributed by atoms with van der Waals surface area (Å²) in [6.07, 6.45) is 6.02. The van der Waals surface area contributed by atoms with Gasteiger partial charge in [-0.2, -0.15) is 0 Å². The second-order valence-electron chi connectivity index (χ2n) is 6.69. The van der Waals surface area contributed by atoms with Crippen LogP contribution in [0.5, 0.6) is 0 Å². The van der Waals surface area contributed by atoms with Crippen LogP contribution in [-0.4, -0.2) is 14.9 Å². The normalized spacial score (nSPS) is 11.6. The topological polar surface area (TPSA) is 22.4 Å². The number of hydrogen-bond donors (Lipinski definition) is 0. The smallest absolute Gasteiger partial charge is 0.255 e. The molecule has 0 saturated heterocycles. The van der Waals surface area contributed by atoms with Crippen LogP contribution in [0.1, 0.15) is 31.9 Å². The molecular weight excluding hydrogens is 336 g/mol. The van der Waals surface area contributed by atoms with E-state index < -0.39 is 8.32 Å². The molecule has 0 aliphatic carbocycles. The first-order chi connectivity index (χ1) is 12.8. The van der Waals surface area contributed by atoms with Gasteiger partial charge < -0.3 is 8.84 Å². The monoisotopic (exact) mass is 364 g/mol. The van der Waals surface area contributed by atoms with E-state index in [9.17, 15) is 0 Å². The van der Waals surface area contributed by atoms with Crippen molar-refractivity contribution in [1.29, 1.82) is 0 Å². The van der Waals surface area contributed by atoms with Gasteiger partial charge in [-0.3, -0.25) is 0 Å². The van der Waals surface area contributed by atoms with Crippen LogP contribution in [0.2, 0.25) is 6.04 Å². The Kier molecular flexibility index (Phi) is 6.87. The first kappa shape index (κ1) is 18.7. The summed E-state index contributed by atoms with van der Waals surface area (Å²) in [7, 11) is -2.22. The summed E-state index contributed by atoms with van der Waals surface area (Å²) < 4.78 is 12.3. The summed E-state index contributed by atoms with van der Waals surface area (Å²) >= 11 is 0. The van der Waals surface area contributed by atoms with Gasteiger partial charge in [0.05, 0.1) is 6.26 Å². The van der Waals surface area contributed by atoms with Gasteiger partial charge in [-0.25, -0.2) is 0 Å². The number of rotatable bonds is 10. The first-order valence-electron chi connectivity index (χ1n) is 9.62. The molecule has 0 fully saturated rings. The van der Waals surface area contributed by atoms with E-state index in [4.69, 9.17) is 8.84 Å². The molecule has 3 heteroatoms. The number of aryl methyl sites for hydroxylation is 1. The summed E-state index contributed by atoms with van der Waals surface area (Å²) in [6.45, 7) is 3.02. The van der Waals surface area contributed by atoms with Crippen molar-refractivity contribution < 1.29 is 8.84 Å². The van der Waals surface area contributed by atoms with Gasteiger partial charge in [0.1, 0.15) is 5.76 Å². The lowest BCUT2D eigenvalue weighted by molar-refractivity contribution is 0.303. The predicted molar refractivity (Wildman–Crippen MR) is 111 cm³/mol. The second-order valence-corrected chi connectivity index (χ2v) is 10.3. The molecule has 26 heavy (non-hydrogen) atoms. The van der Waals surface area contributed by atoms with E-state index in [1.807, 2.05) is 12.1 Å². The zero-order chi connectivity index (χ0) is 18.1. The van der Waals surface area contributed by atoms with E-state index in [-0.39, 0.29) is 0 Å². The Labute approximate surface area is 158 Å². The molecule has 0 atom stereocenters. The summed E-state index contributed by atoms with van der Waals surface area (Å²) in [6, 6.07) is 26.8. The highest BCUT2D eigenvalue weighted by Crippen LogP contribution is 2.18. The molecule has 0 unspecified atom stereocenters. The van der Waals surface area contributed by atoms with Crippen molar-refractivity contribution in [2.75, 3.05) is 6.61 Å². The lowest BCUT2D eigenvalue weighted by atomic mass is 10.3. The van der Waals surface area contributed by atoms with Crippen LogP contribution in [0.25, 0.3) is 0 Å². The Morgan fingerprint density at radius 1 is 0.808 bits per heavy atom. The zero-order valence-corrected chi connectivity index (χ0v) is 16.6. The van der Waals surface area contributed by atoms with Gasteiger partial charge in [0, 0.05) is 13.0 Å². The molecule has 3 rings (SSSR count). The van der Waals surface area contributed by atoms with E-state index >= 15 is 0 Å². The van der Waals surface area contributed by atoms with Gasteiger partial charge >= 0.3 is 0 Å². The molecule has 0 spiro atoms. The molecule has 0 aliphatic rings. The minimum atomic E-state index is -2.22. The van der Waals surface area contributed by atoms with Crippen LogP contribution < -0.4 is 10.4 Å². The molecule has 0 N–H and O–H groups in total. The van der Waals surface area contributed by atoms with Gasteiger partial charge in [0.15, 0.2) is 0 Å². The molecule has 0 saturated carbocycles. The third-order valence-electron chi connectivity index (χ3n) is 4.86. The van der Waals surface area contributed by atoms with Crippen LogP contribution in [0.4, 0.5) is 0 Å². The Balaban J connectivity index is 1.83. The van der Waals surface area contributed by atoms with Crippen LogP contribution in [-0.2, 0) is 10.8 Å². The van der Waals surface area contributed by atoms with Gasteiger partial charge in [-0.05, 0) is 35.0 Å². The SMILES string of the molecule is CCCC[Si](OCCCc1ccco1)(c1ccccc1)c1ccccc1. The number of benzene rings is 2. The number of furan rings is 1. The van der Waals surface area contributed by atoms with Crippen LogP contribution in [0.3, 0.4) is 0 Å². The Morgan fingerprint density at radius 2 is 1.46 bits per heavy atom. The van der Waals surface area contributed by atoms with Gasteiger partial charge in [0.2, 0.25) is 0 Å². The minimum absolute atomic E-state index is 0.764. The number of hydrogen-bond acceptors (Lipinski definition) is 2. The van der Waals surface area contributed by atoms with E-state index in [0.29, 0.717) is 0 Å². The van der Waals surface area contributed by atoms with Gasteiger partial charge in [0.25, 0.3) is 8.32 Å². The maximum absolute atomic E-state index is 6.80. The average molecular weight is 365 g/mol. The molecule has 3 aromatic rings. The third-order valence-corrected chi connectivity index (χ3v) is 9.15. The van der Waals surface area contributed by atoms with Crippen molar-refractivity contribution in [2.24, 2.45) is 0 Å². The van der Waals surface area contributed by atoms with Crippen LogP contribution in [0, 0.1) is 0 Å². The predicted octanol–water partition coefficient (Wildman–Crippen LogP) is 4.79. The number of unbranched alkanes of at least 4 members (excludes halogenated alkanes) is 1. The summed E-state index contributed by atoms with van der Waals surface area (Å²) in [5.74, 6) is 1.04. The fraction of sp³-hybridized carbons (Fsp3) is 0.304. The van der Waals surface area contributed by atoms with E-state index in [0.717, 1.165) is 31.3 Å². The second kappa shape index (κ2) is 9.55. The van der Waals surface area contributed by atoms with Gasteiger partial charge in [-0.15, -0.1) is 0 Å². The highest BCUT2D eigenvalue weighted by atomic mass is 28.4. The van der Waals surface area contributed by atoms with Crippen molar-refractivity contribution in [3.8, 4) is 0 Å². The van der Waals surface area contributed by atoms with Crippen molar-refractivity contribution in [1.82, 2.24) is 0 Å². The van der Waals surface area contributed by atoms with E-state index in [1.165, 1.54) is 23.2 Å². The molecule has 0 aliphatic heterocycles. The highest BCUT2D eigenvalue weighted by Gasteiger charge is 2.38. The summed E-state index contributed by atoms with van der Waals surface area (Å²) in [4.78, 5) is 0. The summed E-state index contributed by atoms with van der Waals surface area (Å²) in [5, 5.41) is 2.75. The molecule has 0 radical (unpaired) electrons. The van der Waals surface area contributed by atoms with Crippen LogP contribution in [0.15, 0.2) is 83.5 Å². The largest absolute Gasteiger partial charge is 0.469 e. The molecule has 136 valence electrons. The minimum Gasteiger partial charge on any atom is -0.469 e. The lowest BCUT2D eigenvalue weighted by Gasteiger charge is -2.32. The maximum Gasteiger partial charge on any atom is 0.255 e. The molecule has 2 aromatic carbocycles. The van der Waals surface area contributed by atoms with Crippen molar-refractivity contribution in [3.63, 3.8) is 0 Å². The molecule has 0 bridgehead atoms. The first-order valence-corrected chi connectivity index (χ1v) is 11.7. The lowest BCUT2D eigenvalue weighted by Crippen LogP contribution is -2.60. The Hall–Kier alpha value is -2.10. The summed E-state index contributed by atoms with van der Waals surface area (Å²) in [5.41, 5.74) is 0. The van der Waals surface area contributed by atoms with E-state index in [2.05, 4.69) is 67.6 Å². The Bertz CT molecular complexity index is 699. The fourth-order valence-electron chi connectivity index (χ4n) is 3.48. The Morgan fingerprint density at radius 3 is 2.00 bits per heavy atom. The van der Waals surface area contributed by atoms with Crippen LogP contribution >= 0.6 is 0 Å². The molecule has 1 aromatic heterocycles.